The number of nitrogens with one attached hydrogen (secondary N) is 1. The number of nitrogens with zero attached hydrogens (tertiary/aromatic N) is 1. The fraction of sp³-hybridized carbons (Fsp3) is 0.917. The molecule has 2 aliphatic heterocycles. The summed E-state index contributed by atoms with van der Waals surface area (Å²) in [6.45, 7) is 7.45. The Morgan fingerprint density at radius 1 is 1.60 bits per heavy atom. The molecular formula is C12H22N2O. The maximum absolute atomic E-state index is 12.1. The highest BCUT2D eigenvalue weighted by molar-refractivity contribution is 5.82. The summed E-state index contributed by atoms with van der Waals surface area (Å²) in [6.07, 6.45) is 4.52. The molecule has 0 bridgehead atoms. The quantitative estimate of drug-likeness (QED) is 0.747. The minimum atomic E-state index is 0.115. The van der Waals surface area contributed by atoms with Crippen LogP contribution < -0.4 is 5.32 Å². The van der Waals surface area contributed by atoms with Gasteiger partial charge in [0, 0.05) is 13.1 Å². The van der Waals surface area contributed by atoms with Gasteiger partial charge in [-0.05, 0) is 37.6 Å². The van der Waals surface area contributed by atoms with Crippen LogP contribution in [0.2, 0.25) is 0 Å². The lowest BCUT2D eigenvalue weighted by atomic mass is 9.87. The van der Waals surface area contributed by atoms with E-state index in [-0.39, 0.29) is 6.04 Å². The molecule has 1 amide bonds. The summed E-state index contributed by atoms with van der Waals surface area (Å²) in [7, 11) is 0. The maximum Gasteiger partial charge on any atom is 0.239 e. The van der Waals surface area contributed by atoms with Gasteiger partial charge in [-0.1, -0.05) is 13.8 Å². The van der Waals surface area contributed by atoms with E-state index in [1.54, 1.807) is 0 Å². The van der Waals surface area contributed by atoms with Crippen molar-refractivity contribution in [2.45, 2.75) is 45.6 Å². The molecule has 2 atom stereocenters. The van der Waals surface area contributed by atoms with Crippen LogP contribution in [0.5, 0.6) is 0 Å². The highest BCUT2D eigenvalue weighted by atomic mass is 16.2. The molecule has 1 N–H and O–H groups in total. The Balaban J connectivity index is 1.92. The van der Waals surface area contributed by atoms with Gasteiger partial charge in [0.15, 0.2) is 0 Å². The molecule has 0 aliphatic carbocycles. The minimum absolute atomic E-state index is 0.115. The molecule has 15 heavy (non-hydrogen) atoms. The van der Waals surface area contributed by atoms with Gasteiger partial charge in [-0.15, -0.1) is 0 Å². The van der Waals surface area contributed by atoms with Crippen LogP contribution in [0.4, 0.5) is 0 Å². The Kier molecular flexibility index (Phi) is 3.01. The molecule has 2 rings (SSSR count). The van der Waals surface area contributed by atoms with E-state index in [1.807, 2.05) is 0 Å². The van der Waals surface area contributed by atoms with Crippen LogP contribution in [0.1, 0.15) is 39.5 Å². The fourth-order valence-electron chi connectivity index (χ4n) is 2.62. The summed E-state index contributed by atoms with van der Waals surface area (Å²) < 4.78 is 0. The predicted molar refractivity (Wildman–Crippen MR) is 60.6 cm³/mol. The smallest absolute Gasteiger partial charge is 0.239 e. The van der Waals surface area contributed by atoms with Crippen molar-refractivity contribution in [1.82, 2.24) is 10.2 Å². The van der Waals surface area contributed by atoms with Crippen molar-refractivity contribution in [3.05, 3.63) is 0 Å². The molecule has 0 aromatic heterocycles. The van der Waals surface area contributed by atoms with E-state index < -0.39 is 0 Å². The average molecular weight is 210 g/mol. The largest absolute Gasteiger partial charge is 0.341 e. The van der Waals surface area contributed by atoms with E-state index in [0.717, 1.165) is 32.5 Å². The van der Waals surface area contributed by atoms with Gasteiger partial charge >= 0.3 is 0 Å². The van der Waals surface area contributed by atoms with E-state index in [0.29, 0.717) is 11.3 Å². The first-order chi connectivity index (χ1) is 7.14. The Bertz CT molecular complexity index is 248. The summed E-state index contributed by atoms with van der Waals surface area (Å²) in [4.78, 5) is 14.2. The third-order valence-electron chi connectivity index (χ3n) is 4.08. The third-order valence-corrected chi connectivity index (χ3v) is 4.08. The molecule has 2 saturated heterocycles. The van der Waals surface area contributed by atoms with Crippen molar-refractivity contribution < 1.29 is 4.79 Å². The third kappa shape index (κ3) is 2.17. The fourth-order valence-corrected chi connectivity index (χ4v) is 2.62. The molecular weight excluding hydrogens is 188 g/mol. The maximum atomic E-state index is 12.1. The van der Waals surface area contributed by atoms with E-state index in [1.165, 1.54) is 12.8 Å². The summed E-state index contributed by atoms with van der Waals surface area (Å²) in [6, 6.07) is 0.115. The predicted octanol–water partition coefficient (Wildman–Crippen LogP) is 1.39. The van der Waals surface area contributed by atoms with Gasteiger partial charge in [0.25, 0.3) is 0 Å². The molecule has 0 aromatic carbocycles. The summed E-state index contributed by atoms with van der Waals surface area (Å²) in [5.74, 6) is 0.338. The Morgan fingerprint density at radius 3 is 2.93 bits per heavy atom. The van der Waals surface area contributed by atoms with Crippen LogP contribution in [0, 0.1) is 5.41 Å². The van der Waals surface area contributed by atoms with E-state index in [2.05, 4.69) is 24.1 Å². The van der Waals surface area contributed by atoms with Crippen LogP contribution in [-0.4, -0.2) is 36.5 Å². The van der Waals surface area contributed by atoms with E-state index in [9.17, 15) is 4.79 Å². The molecule has 3 heteroatoms. The van der Waals surface area contributed by atoms with E-state index in [4.69, 9.17) is 0 Å². The van der Waals surface area contributed by atoms with Gasteiger partial charge in [-0.3, -0.25) is 4.79 Å². The molecule has 1 unspecified atom stereocenters. The van der Waals surface area contributed by atoms with Crippen LogP contribution in [-0.2, 0) is 4.79 Å². The number of carbonyl (C=O) groups excluding carboxylic acids is 1. The summed E-state index contributed by atoms with van der Waals surface area (Å²) >= 11 is 0. The van der Waals surface area contributed by atoms with Gasteiger partial charge < -0.3 is 10.2 Å². The summed E-state index contributed by atoms with van der Waals surface area (Å²) in [5.41, 5.74) is 0.369. The molecule has 0 radical (unpaired) electrons. The molecule has 2 heterocycles. The van der Waals surface area contributed by atoms with Crippen LogP contribution in [0.3, 0.4) is 0 Å². The number of likely N-dealkylation sites (tertiary alicyclic amines) is 1. The molecule has 0 spiro atoms. The molecule has 2 fully saturated rings. The van der Waals surface area contributed by atoms with Crippen molar-refractivity contribution >= 4 is 5.91 Å². The number of amides is 1. The Hall–Kier alpha value is -0.570. The van der Waals surface area contributed by atoms with E-state index >= 15 is 0 Å². The second kappa shape index (κ2) is 4.12. The van der Waals surface area contributed by atoms with Crippen LogP contribution >= 0.6 is 0 Å². The standard InChI is InChI=1S/C12H22N2O/c1-3-12(2)6-8-14(9-12)11(15)10-5-4-7-13-10/h10,13H,3-9H2,1-2H3/t10-,12?/m0/s1. The SMILES string of the molecule is CCC1(C)CCN(C(=O)[C@@H]2CCCN2)C1. The average Bonchev–Trinajstić information content (AvgIpc) is 2.86. The first-order valence-electron chi connectivity index (χ1n) is 6.17. The first kappa shape index (κ1) is 10.9. The highest BCUT2D eigenvalue weighted by Crippen LogP contribution is 2.33. The lowest BCUT2D eigenvalue weighted by Crippen LogP contribution is -2.43. The van der Waals surface area contributed by atoms with Gasteiger partial charge in [-0.25, -0.2) is 0 Å². The normalized spacial score (nSPS) is 36.1. The van der Waals surface area contributed by atoms with Gasteiger partial charge in [0.1, 0.15) is 0 Å². The van der Waals surface area contributed by atoms with Gasteiger partial charge in [0.2, 0.25) is 5.91 Å². The van der Waals surface area contributed by atoms with Crippen molar-refractivity contribution in [1.29, 1.82) is 0 Å². The molecule has 3 nitrogen and oxygen atoms in total. The zero-order valence-corrected chi connectivity index (χ0v) is 9.88. The Labute approximate surface area is 92.2 Å². The monoisotopic (exact) mass is 210 g/mol. The lowest BCUT2D eigenvalue weighted by molar-refractivity contribution is -0.132. The number of rotatable bonds is 2. The topological polar surface area (TPSA) is 32.3 Å². The molecule has 86 valence electrons. The second-order valence-corrected chi connectivity index (χ2v) is 5.32. The molecule has 0 saturated carbocycles. The molecule has 0 aromatic rings. The van der Waals surface area contributed by atoms with Crippen LogP contribution in [0.15, 0.2) is 0 Å². The van der Waals surface area contributed by atoms with Crippen molar-refractivity contribution in [2.24, 2.45) is 5.41 Å². The molecule has 2 aliphatic rings. The van der Waals surface area contributed by atoms with Gasteiger partial charge in [0.05, 0.1) is 6.04 Å². The zero-order valence-electron chi connectivity index (χ0n) is 9.88. The number of carbonyl (C=O) groups is 1. The second-order valence-electron chi connectivity index (χ2n) is 5.32. The number of hydrogen-bond acceptors (Lipinski definition) is 2. The zero-order chi connectivity index (χ0) is 10.9. The van der Waals surface area contributed by atoms with Crippen molar-refractivity contribution in [2.75, 3.05) is 19.6 Å². The highest BCUT2D eigenvalue weighted by Gasteiger charge is 2.37. The Morgan fingerprint density at radius 2 is 2.40 bits per heavy atom. The summed E-state index contributed by atoms with van der Waals surface area (Å²) in [5, 5.41) is 3.29. The van der Waals surface area contributed by atoms with Crippen molar-refractivity contribution in [3.8, 4) is 0 Å². The lowest BCUT2D eigenvalue weighted by Gasteiger charge is -2.24. The minimum Gasteiger partial charge on any atom is -0.341 e. The first-order valence-corrected chi connectivity index (χ1v) is 6.17. The van der Waals surface area contributed by atoms with Gasteiger partial charge in [-0.2, -0.15) is 0 Å². The number of hydrogen-bond donors (Lipinski definition) is 1. The van der Waals surface area contributed by atoms with Crippen LogP contribution in [0.25, 0.3) is 0 Å². The van der Waals surface area contributed by atoms with Crippen molar-refractivity contribution in [3.63, 3.8) is 0 Å².